The number of anilines is 1. The smallest absolute Gasteiger partial charge is 0.329 e. The van der Waals surface area contributed by atoms with Gasteiger partial charge in [0.25, 0.3) is 0 Å². The molecular formula is C23H24N4O3. The van der Waals surface area contributed by atoms with Crippen LogP contribution in [0.25, 0.3) is 5.69 Å². The van der Waals surface area contributed by atoms with Crippen LogP contribution in [0.4, 0.5) is 5.69 Å². The first-order valence-corrected chi connectivity index (χ1v) is 9.61. The van der Waals surface area contributed by atoms with Crippen LogP contribution in [-0.2, 0) is 9.59 Å². The van der Waals surface area contributed by atoms with E-state index in [1.807, 2.05) is 57.2 Å². The Morgan fingerprint density at radius 1 is 1.03 bits per heavy atom. The van der Waals surface area contributed by atoms with Gasteiger partial charge in [-0.3, -0.25) is 9.59 Å². The van der Waals surface area contributed by atoms with Crippen LogP contribution in [0.1, 0.15) is 23.9 Å². The first-order chi connectivity index (χ1) is 14.5. The number of aryl methyl sites for hydroxylation is 1. The quantitative estimate of drug-likeness (QED) is 0.374. The number of aromatic nitrogens is 1. The number of benzene rings is 2. The third kappa shape index (κ3) is 4.94. The number of hydrazone groups is 1. The van der Waals surface area contributed by atoms with Gasteiger partial charge in [0, 0.05) is 28.3 Å². The molecule has 1 heterocycles. The monoisotopic (exact) mass is 404 g/mol. The van der Waals surface area contributed by atoms with Crippen molar-refractivity contribution < 1.29 is 14.3 Å². The number of para-hydroxylation sites is 1. The number of amides is 2. The van der Waals surface area contributed by atoms with Gasteiger partial charge in [-0.25, -0.2) is 5.43 Å². The molecule has 2 amide bonds. The van der Waals surface area contributed by atoms with E-state index in [0.29, 0.717) is 18.0 Å². The van der Waals surface area contributed by atoms with Crippen molar-refractivity contribution in [1.82, 2.24) is 9.99 Å². The Bertz CT molecular complexity index is 1050. The van der Waals surface area contributed by atoms with Crippen molar-refractivity contribution >= 4 is 23.7 Å². The average molecular weight is 404 g/mol. The van der Waals surface area contributed by atoms with Gasteiger partial charge in [-0.05, 0) is 63.2 Å². The highest BCUT2D eigenvalue weighted by Gasteiger charge is 2.13. The molecule has 0 bridgehead atoms. The zero-order valence-electron chi connectivity index (χ0n) is 17.2. The molecule has 7 heteroatoms. The second-order valence-corrected chi connectivity index (χ2v) is 6.61. The van der Waals surface area contributed by atoms with Gasteiger partial charge < -0.3 is 14.6 Å². The van der Waals surface area contributed by atoms with E-state index in [2.05, 4.69) is 20.4 Å². The fraction of sp³-hybridized carbons (Fsp3) is 0.174. The molecule has 0 aliphatic heterocycles. The number of rotatable bonds is 6. The van der Waals surface area contributed by atoms with Gasteiger partial charge in [0.2, 0.25) is 0 Å². The molecule has 2 N–H and O–H groups in total. The van der Waals surface area contributed by atoms with Crippen LogP contribution in [-0.4, -0.2) is 29.2 Å². The maximum Gasteiger partial charge on any atom is 0.329 e. The zero-order chi connectivity index (χ0) is 21.5. The van der Waals surface area contributed by atoms with Crippen molar-refractivity contribution in [3.63, 3.8) is 0 Å². The summed E-state index contributed by atoms with van der Waals surface area (Å²) in [6.07, 6.45) is 1.53. The highest BCUT2D eigenvalue weighted by Crippen LogP contribution is 2.19. The number of ether oxygens (including phenoxy) is 1. The Labute approximate surface area is 175 Å². The van der Waals surface area contributed by atoms with Gasteiger partial charge in [0.05, 0.1) is 12.8 Å². The number of carbonyl (C=O) groups excluding carboxylic acids is 2. The molecule has 7 nitrogen and oxygen atoms in total. The summed E-state index contributed by atoms with van der Waals surface area (Å²) >= 11 is 0. The Hall–Kier alpha value is -3.87. The summed E-state index contributed by atoms with van der Waals surface area (Å²) in [6, 6.07) is 18.7. The number of nitrogens with one attached hydrogen (secondary N) is 2. The maximum absolute atomic E-state index is 12.0. The van der Waals surface area contributed by atoms with Crippen molar-refractivity contribution in [2.75, 3.05) is 11.9 Å². The van der Waals surface area contributed by atoms with E-state index >= 15 is 0 Å². The van der Waals surface area contributed by atoms with E-state index in [9.17, 15) is 9.59 Å². The molecule has 0 aliphatic rings. The molecule has 0 aliphatic carbocycles. The highest BCUT2D eigenvalue weighted by molar-refractivity contribution is 6.39. The molecule has 3 aromatic rings. The largest absolute Gasteiger partial charge is 0.494 e. The van der Waals surface area contributed by atoms with Crippen LogP contribution < -0.4 is 15.5 Å². The Morgan fingerprint density at radius 3 is 2.40 bits per heavy atom. The second-order valence-electron chi connectivity index (χ2n) is 6.61. The van der Waals surface area contributed by atoms with E-state index in [-0.39, 0.29) is 0 Å². The second kappa shape index (κ2) is 9.56. The van der Waals surface area contributed by atoms with Crippen LogP contribution in [0.3, 0.4) is 0 Å². The average Bonchev–Trinajstić information content (AvgIpc) is 3.03. The molecule has 0 fully saturated rings. The van der Waals surface area contributed by atoms with Crippen LogP contribution in [0.2, 0.25) is 0 Å². The van der Waals surface area contributed by atoms with E-state index in [0.717, 1.165) is 22.6 Å². The topological polar surface area (TPSA) is 84.7 Å². The minimum atomic E-state index is -0.850. The first kappa shape index (κ1) is 20.9. The van der Waals surface area contributed by atoms with Crippen molar-refractivity contribution in [2.45, 2.75) is 20.8 Å². The van der Waals surface area contributed by atoms with E-state index in [1.54, 1.807) is 24.3 Å². The molecular weight excluding hydrogens is 380 g/mol. The predicted octanol–water partition coefficient (Wildman–Crippen LogP) is 3.58. The lowest BCUT2D eigenvalue weighted by Crippen LogP contribution is -2.32. The van der Waals surface area contributed by atoms with Crippen molar-refractivity contribution in [3.05, 3.63) is 77.6 Å². The van der Waals surface area contributed by atoms with Crippen LogP contribution in [0.15, 0.2) is 65.8 Å². The minimum absolute atomic E-state index is 0.494. The van der Waals surface area contributed by atoms with Gasteiger partial charge in [0.15, 0.2) is 0 Å². The number of hydrogen-bond acceptors (Lipinski definition) is 4. The zero-order valence-corrected chi connectivity index (χ0v) is 17.2. The molecule has 0 spiro atoms. The summed E-state index contributed by atoms with van der Waals surface area (Å²) in [5.74, 6) is -0.958. The summed E-state index contributed by atoms with van der Waals surface area (Å²) in [4.78, 5) is 24.1. The Balaban J connectivity index is 1.61. The lowest BCUT2D eigenvalue weighted by Gasteiger charge is -2.09. The van der Waals surface area contributed by atoms with Gasteiger partial charge >= 0.3 is 11.8 Å². The summed E-state index contributed by atoms with van der Waals surface area (Å²) in [6.45, 7) is 6.42. The van der Waals surface area contributed by atoms with E-state index in [1.165, 1.54) is 6.21 Å². The van der Waals surface area contributed by atoms with Crippen molar-refractivity contribution in [3.8, 4) is 11.4 Å². The Morgan fingerprint density at radius 2 is 1.73 bits per heavy atom. The summed E-state index contributed by atoms with van der Waals surface area (Å²) in [5, 5.41) is 6.45. The third-order valence-corrected chi connectivity index (χ3v) is 4.48. The fourth-order valence-corrected chi connectivity index (χ4v) is 3.09. The standard InChI is InChI=1S/C23H24N4O3/c1-4-30-21-12-10-19(11-13-21)25-22(28)23(29)26-24-15-18-14-16(2)27(17(18)3)20-8-6-5-7-9-20/h5-15H,4H2,1-3H3,(H,25,28)(H,26,29)/b24-15-. The minimum Gasteiger partial charge on any atom is -0.494 e. The van der Waals surface area contributed by atoms with Crippen LogP contribution in [0, 0.1) is 13.8 Å². The van der Waals surface area contributed by atoms with E-state index < -0.39 is 11.8 Å². The maximum atomic E-state index is 12.0. The van der Waals surface area contributed by atoms with Gasteiger partial charge in [-0.1, -0.05) is 18.2 Å². The molecule has 154 valence electrons. The molecule has 3 rings (SSSR count). The Kier molecular flexibility index (Phi) is 6.64. The van der Waals surface area contributed by atoms with Crippen LogP contribution in [0.5, 0.6) is 5.75 Å². The number of carbonyl (C=O) groups is 2. The lowest BCUT2D eigenvalue weighted by atomic mass is 10.2. The molecule has 1 aromatic heterocycles. The molecule has 2 aromatic carbocycles. The lowest BCUT2D eigenvalue weighted by molar-refractivity contribution is -0.136. The first-order valence-electron chi connectivity index (χ1n) is 9.61. The number of hydrogen-bond donors (Lipinski definition) is 2. The summed E-state index contributed by atoms with van der Waals surface area (Å²) < 4.78 is 7.44. The number of nitrogens with zero attached hydrogens (tertiary/aromatic N) is 2. The molecule has 0 saturated heterocycles. The third-order valence-electron chi connectivity index (χ3n) is 4.48. The molecule has 0 unspecified atom stereocenters. The SMILES string of the molecule is CCOc1ccc(NC(=O)C(=O)N/N=C\c2cc(C)n(-c3ccccc3)c2C)cc1. The normalized spacial score (nSPS) is 10.8. The van der Waals surface area contributed by atoms with Gasteiger partial charge in [0.1, 0.15) is 5.75 Å². The molecule has 0 atom stereocenters. The molecule has 0 saturated carbocycles. The summed E-state index contributed by atoms with van der Waals surface area (Å²) in [7, 11) is 0. The highest BCUT2D eigenvalue weighted by atomic mass is 16.5. The van der Waals surface area contributed by atoms with Crippen molar-refractivity contribution in [1.29, 1.82) is 0 Å². The molecule has 0 radical (unpaired) electrons. The van der Waals surface area contributed by atoms with Gasteiger partial charge in [-0.15, -0.1) is 0 Å². The molecule has 30 heavy (non-hydrogen) atoms. The van der Waals surface area contributed by atoms with Crippen LogP contribution >= 0.6 is 0 Å². The van der Waals surface area contributed by atoms with Crippen molar-refractivity contribution in [2.24, 2.45) is 5.10 Å². The summed E-state index contributed by atoms with van der Waals surface area (Å²) in [5.41, 5.74) is 6.68. The van der Waals surface area contributed by atoms with E-state index in [4.69, 9.17) is 4.74 Å². The predicted molar refractivity (Wildman–Crippen MR) is 117 cm³/mol. The fourth-order valence-electron chi connectivity index (χ4n) is 3.09. The van der Waals surface area contributed by atoms with Gasteiger partial charge in [-0.2, -0.15) is 5.10 Å².